The third kappa shape index (κ3) is 2.14. The summed E-state index contributed by atoms with van der Waals surface area (Å²) in [6.07, 6.45) is 1.35. The summed E-state index contributed by atoms with van der Waals surface area (Å²) in [4.78, 5) is 0. The summed E-state index contributed by atoms with van der Waals surface area (Å²) in [6.45, 7) is 1.43. The van der Waals surface area contributed by atoms with Crippen LogP contribution in [0.5, 0.6) is 11.5 Å². The van der Waals surface area contributed by atoms with Crippen LogP contribution in [0.4, 0.5) is 5.88 Å². The van der Waals surface area contributed by atoms with Crippen molar-refractivity contribution in [3.05, 3.63) is 18.4 Å². The molecule has 3 N–H and O–H groups in total. The number of furan rings is 2. The topological polar surface area (TPSA) is 113 Å². The molecule has 0 unspecified atom stereocenters. The first kappa shape index (κ1) is 12.4. The lowest BCUT2D eigenvalue weighted by Gasteiger charge is -2.01. The van der Waals surface area contributed by atoms with E-state index in [2.05, 4.69) is 0 Å². The Morgan fingerprint density at radius 2 is 2.06 bits per heavy atom. The molecule has 2 heterocycles. The van der Waals surface area contributed by atoms with Gasteiger partial charge in [0, 0.05) is 0 Å². The normalized spacial score (nSPS) is 11.6. The Labute approximate surface area is 103 Å². The van der Waals surface area contributed by atoms with E-state index in [9.17, 15) is 18.6 Å². The fourth-order valence-electron chi connectivity index (χ4n) is 1.27. The zero-order valence-electron chi connectivity index (χ0n) is 9.37. The van der Waals surface area contributed by atoms with E-state index >= 15 is 0 Å². The molecule has 0 saturated heterocycles. The molecule has 0 aliphatic heterocycles. The molecule has 2 rings (SSSR count). The van der Waals surface area contributed by atoms with Gasteiger partial charge in [0.15, 0.2) is 5.76 Å². The number of hydrogen-bond donors (Lipinski definition) is 3. The molecule has 0 aliphatic carbocycles. The molecular formula is C10H11NO6S. The van der Waals surface area contributed by atoms with Crippen LogP contribution in [-0.2, 0) is 10.0 Å². The van der Waals surface area contributed by atoms with Gasteiger partial charge in [0.2, 0.25) is 27.3 Å². The molecule has 18 heavy (non-hydrogen) atoms. The van der Waals surface area contributed by atoms with Crippen LogP contribution in [0, 0.1) is 0 Å². The minimum atomic E-state index is -3.61. The second kappa shape index (κ2) is 4.30. The number of rotatable bonds is 4. The summed E-state index contributed by atoms with van der Waals surface area (Å²) in [5.41, 5.74) is 0. The van der Waals surface area contributed by atoms with E-state index < -0.39 is 27.4 Å². The highest BCUT2D eigenvalue weighted by Gasteiger charge is 2.24. The van der Waals surface area contributed by atoms with E-state index in [1.807, 2.05) is 4.72 Å². The number of aromatic hydroxyl groups is 2. The van der Waals surface area contributed by atoms with Gasteiger partial charge in [-0.25, -0.2) is 13.1 Å². The molecule has 0 radical (unpaired) electrons. The van der Waals surface area contributed by atoms with E-state index in [-0.39, 0.29) is 17.3 Å². The molecule has 0 aliphatic rings. The van der Waals surface area contributed by atoms with Gasteiger partial charge >= 0.3 is 0 Å². The molecule has 2 aromatic rings. The minimum Gasteiger partial charge on any atom is -0.501 e. The molecule has 0 aromatic carbocycles. The summed E-state index contributed by atoms with van der Waals surface area (Å²) in [5.74, 6) is -1.88. The maximum Gasteiger partial charge on any atom is 0.254 e. The Hall–Kier alpha value is -2.09. The van der Waals surface area contributed by atoms with Gasteiger partial charge in [-0.2, -0.15) is 0 Å². The van der Waals surface area contributed by atoms with Crippen molar-refractivity contribution in [1.82, 2.24) is 0 Å². The van der Waals surface area contributed by atoms with E-state index in [1.165, 1.54) is 19.3 Å². The molecule has 0 bridgehead atoms. The lowest BCUT2D eigenvalue weighted by molar-refractivity contribution is 0.409. The highest BCUT2D eigenvalue weighted by atomic mass is 32.2. The molecule has 2 aromatic heterocycles. The van der Waals surface area contributed by atoms with Gasteiger partial charge < -0.3 is 19.0 Å². The van der Waals surface area contributed by atoms with Crippen LogP contribution in [0.3, 0.4) is 0 Å². The number of sulfonamides is 1. The van der Waals surface area contributed by atoms with Gasteiger partial charge in [0.05, 0.1) is 12.0 Å². The van der Waals surface area contributed by atoms with Crippen LogP contribution in [0.2, 0.25) is 0 Å². The molecule has 0 fully saturated rings. The molecule has 7 nitrogen and oxygen atoms in total. The van der Waals surface area contributed by atoms with Crippen molar-refractivity contribution in [3.8, 4) is 23.0 Å². The van der Waals surface area contributed by atoms with Crippen LogP contribution in [-0.4, -0.2) is 24.4 Å². The first-order valence-electron chi connectivity index (χ1n) is 5.03. The summed E-state index contributed by atoms with van der Waals surface area (Å²) in [5, 5.41) is 19.2. The molecule has 98 valence electrons. The Morgan fingerprint density at radius 3 is 2.61 bits per heavy atom. The van der Waals surface area contributed by atoms with E-state index in [0.717, 1.165) is 0 Å². The predicted molar refractivity (Wildman–Crippen MR) is 62.8 cm³/mol. The van der Waals surface area contributed by atoms with Gasteiger partial charge in [0.25, 0.3) is 5.88 Å². The summed E-state index contributed by atoms with van der Waals surface area (Å²) in [7, 11) is -3.61. The average Bonchev–Trinajstić information content (AvgIpc) is 2.93. The molecule has 0 spiro atoms. The largest absolute Gasteiger partial charge is 0.501 e. The van der Waals surface area contributed by atoms with Gasteiger partial charge in [-0.15, -0.1) is 0 Å². The summed E-state index contributed by atoms with van der Waals surface area (Å²) >= 11 is 0. The highest BCUT2D eigenvalue weighted by Crippen LogP contribution is 2.45. The maximum absolute atomic E-state index is 11.3. The van der Waals surface area contributed by atoms with E-state index in [4.69, 9.17) is 8.83 Å². The molecular weight excluding hydrogens is 262 g/mol. The SMILES string of the molecule is CCS(=O)(=O)Nc1oc(-c2ccco2)c(O)c1O. The lowest BCUT2D eigenvalue weighted by atomic mass is 10.3. The van der Waals surface area contributed by atoms with Gasteiger partial charge in [-0.3, -0.25) is 0 Å². The Kier molecular flexibility index (Phi) is 2.95. The zero-order valence-corrected chi connectivity index (χ0v) is 10.2. The molecule has 8 heteroatoms. The van der Waals surface area contributed by atoms with Crippen molar-refractivity contribution in [2.45, 2.75) is 6.92 Å². The van der Waals surface area contributed by atoms with Gasteiger partial charge in [-0.1, -0.05) is 0 Å². The Morgan fingerprint density at radius 1 is 1.33 bits per heavy atom. The Balaban J connectivity index is 2.43. The standard InChI is InChI=1S/C10H11NO6S/c1-2-18(14,15)11-10-8(13)7(12)9(17-10)6-4-3-5-16-6/h3-5,11-13H,2H2,1H3. The first-order chi connectivity index (χ1) is 8.44. The van der Waals surface area contributed by atoms with Gasteiger partial charge in [-0.05, 0) is 19.1 Å². The third-order valence-electron chi connectivity index (χ3n) is 2.23. The van der Waals surface area contributed by atoms with Crippen LogP contribution in [0.15, 0.2) is 27.2 Å². The lowest BCUT2D eigenvalue weighted by Crippen LogP contribution is -2.14. The van der Waals surface area contributed by atoms with Crippen molar-refractivity contribution >= 4 is 15.9 Å². The van der Waals surface area contributed by atoms with Gasteiger partial charge in [0.1, 0.15) is 0 Å². The summed E-state index contributed by atoms with van der Waals surface area (Å²) in [6, 6.07) is 3.06. The fourth-order valence-corrected chi connectivity index (χ4v) is 1.84. The molecule has 0 amide bonds. The van der Waals surface area contributed by atoms with Crippen LogP contribution in [0.1, 0.15) is 6.92 Å². The number of hydrogen-bond acceptors (Lipinski definition) is 6. The van der Waals surface area contributed by atoms with Crippen molar-refractivity contribution < 1.29 is 27.5 Å². The monoisotopic (exact) mass is 273 g/mol. The summed E-state index contributed by atoms with van der Waals surface area (Å²) < 4.78 is 34.7. The average molecular weight is 273 g/mol. The van der Waals surface area contributed by atoms with Crippen LogP contribution >= 0.6 is 0 Å². The van der Waals surface area contributed by atoms with E-state index in [0.29, 0.717) is 0 Å². The van der Waals surface area contributed by atoms with Crippen molar-refractivity contribution in [3.63, 3.8) is 0 Å². The third-order valence-corrected chi connectivity index (χ3v) is 3.49. The highest BCUT2D eigenvalue weighted by molar-refractivity contribution is 7.92. The van der Waals surface area contributed by atoms with Crippen molar-refractivity contribution in [2.24, 2.45) is 0 Å². The second-order valence-corrected chi connectivity index (χ2v) is 5.45. The van der Waals surface area contributed by atoms with Crippen molar-refractivity contribution in [2.75, 3.05) is 10.5 Å². The first-order valence-corrected chi connectivity index (χ1v) is 6.69. The quantitative estimate of drug-likeness (QED) is 0.781. The van der Waals surface area contributed by atoms with E-state index in [1.54, 1.807) is 6.07 Å². The van der Waals surface area contributed by atoms with Crippen LogP contribution in [0.25, 0.3) is 11.5 Å². The zero-order chi connectivity index (χ0) is 13.3. The number of nitrogens with one attached hydrogen (secondary N) is 1. The van der Waals surface area contributed by atoms with Crippen molar-refractivity contribution in [1.29, 1.82) is 0 Å². The maximum atomic E-state index is 11.3. The smallest absolute Gasteiger partial charge is 0.254 e. The predicted octanol–water partition coefficient (Wildman–Crippen LogP) is 1.71. The van der Waals surface area contributed by atoms with Crippen LogP contribution < -0.4 is 4.72 Å². The minimum absolute atomic E-state index is 0.147. The second-order valence-electron chi connectivity index (χ2n) is 3.44. The fraction of sp³-hybridized carbons (Fsp3) is 0.200. The molecule has 0 saturated carbocycles. The number of anilines is 1. The Bertz CT molecular complexity index is 640. The molecule has 0 atom stereocenters.